The van der Waals surface area contributed by atoms with Gasteiger partial charge in [0.1, 0.15) is 11.4 Å². The van der Waals surface area contributed by atoms with Gasteiger partial charge < -0.3 is 21.1 Å². The van der Waals surface area contributed by atoms with Gasteiger partial charge in [0, 0.05) is 37.6 Å². The van der Waals surface area contributed by atoms with Crippen LogP contribution in [0.4, 0.5) is 17.3 Å². The number of phenolic OH excluding ortho intramolecular Hbond substituents is 1. The first-order chi connectivity index (χ1) is 13.6. The summed E-state index contributed by atoms with van der Waals surface area (Å²) in [6, 6.07) is 11.5. The first kappa shape index (κ1) is 19.0. The summed E-state index contributed by atoms with van der Waals surface area (Å²) in [4.78, 5) is 13.5. The highest BCUT2D eigenvalue weighted by Gasteiger charge is 2.15. The Morgan fingerprint density at radius 2 is 1.86 bits per heavy atom. The molecule has 0 fully saturated rings. The molecule has 0 aliphatic carbocycles. The zero-order chi connectivity index (χ0) is 19.9. The molecule has 7 heteroatoms. The molecule has 0 saturated heterocycles. The molecule has 0 aliphatic heterocycles. The first-order valence-corrected chi connectivity index (χ1v) is 8.86. The molecule has 0 radical (unpaired) electrons. The number of benzene rings is 1. The summed E-state index contributed by atoms with van der Waals surface area (Å²) in [5, 5.41) is 18.7. The van der Waals surface area contributed by atoms with Crippen LogP contribution in [0.2, 0.25) is 0 Å². The minimum atomic E-state index is 0.253. The van der Waals surface area contributed by atoms with E-state index in [1.807, 2.05) is 25.1 Å². The molecule has 28 heavy (non-hydrogen) atoms. The molecule has 0 saturated carbocycles. The number of pyridine rings is 1. The van der Waals surface area contributed by atoms with Crippen molar-refractivity contribution in [3.63, 3.8) is 0 Å². The molecular formula is C21H22N6O. The summed E-state index contributed by atoms with van der Waals surface area (Å²) in [5.74, 6) is 2.01. The highest BCUT2D eigenvalue weighted by atomic mass is 16.3. The van der Waals surface area contributed by atoms with Gasteiger partial charge in [0.15, 0.2) is 17.5 Å². The molecule has 0 aliphatic rings. The number of aromatic hydroxyl groups is 1. The van der Waals surface area contributed by atoms with Gasteiger partial charge in [0.25, 0.3) is 0 Å². The fourth-order valence-electron chi connectivity index (χ4n) is 2.77. The molecule has 1 aromatic carbocycles. The maximum atomic E-state index is 9.40. The van der Waals surface area contributed by atoms with Gasteiger partial charge in [-0.2, -0.15) is 0 Å². The number of nitrogens with zero attached hydrogens (tertiary/aromatic N) is 3. The molecule has 2 heterocycles. The van der Waals surface area contributed by atoms with Crippen LogP contribution in [-0.4, -0.2) is 33.7 Å². The fraction of sp³-hybridized carbons (Fsp3) is 0.190. The Balaban J connectivity index is 1.90. The minimum Gasteiger partial charge on any atom is -0.508 e. The number of aryl methyl sites for hydroxylation is 1. The lowest BCUT2D eigenvalue weighted by molar-refractivity contribution is 0.475. The average Bonchev–Trinajstić information content (AvgIpc) is 2.71. The SMILES string of the molecule is C#CNc1c(NC)nc(-c2cnccc2C)nc1NCCc1ccc(O)cc1. The van der Waals surface area contributed by atoms with Gasteiger partial charge >= 0.3 is 0 Å². The topological polar surface area (TPSA) is 95.0 Å². The Morgan fingerprint density at radius 1 is 1.11 bits per heavy atom. The highest BCUT2D eigenvalue weighted by Crippen LogP contribution is 2.31. The zero-order valence-corrected chi connectivity index (χ0v) is 15.8. The Labute approximate surface area is 164 Å². The Hall–Kier alpha value is -3.79. The van der Waals surface area contributed by atoms with Crippen molar-refractivity contribution in [2.45, 2.75) is 13.3 Å². The molecule has 2 aromatic heterocycles. The molecule has 0 amide bonds. The molecule has 4 N–H and O–H groups in total. The van der Waals surface area contributed by atoms with Gasteiger partial charge in [-0.05, 0) is 42.7 Å². The molecular weight excluding hydrogens is 352 g/mol. The molecule has 7 nitrogen and oxygen atoms in total. The third-order valence-electron chi connectivity index (χ3n) is 4.27. The smallest absolute Gasteiger partial charge is 0.165 e. The lowest BCUT2D eigenvalue weighted by Gasteiger charge is -2.16. The van der Waals surface area contributed by atoms with Crippen LogP contribution in [0.25, 0.3) is 11.4 Å². The summed E-state index contributed by atoms with van der Waals surface area (Å²) in [6.07, 6.45) is 9.70. The van der Waals surface area contributed by atoms with Gasteiger partial charge in [-0.25, -0.2) is 9.97 Å². The van der Waals surface area contributed by atoms with Crippen LogP contribution >= 0.6 is 0 Å². The molecule has 3 aromatic rings. The van der Waals surface area contributed by atoms with Crippen LogP contribution in [0.3, 0.4) is 0 Å². The van der Waals surface area contributed by atoms with E-state index in [0.717, 1.165) is 23.1 Å². The van der Waals surface area contributed by atoms with Crippen molar-refractivity contribution in [3.8, 4) is 29.6 Å². The van der Waals surface area contributed by atoms with Crippen molar-refractivity contribution < 1.29 is 5.11 Å². The van der Waals surface area contributed by atoms with Gasteiger partial charge in [-0.1, -0.05) is 18.6 Å². The van der Waals surface area contributed by atoms with E-state index in [1.165, 1.54) is 0 Å². The van der Waals surface area contributed by atoms with Crippen LogP contribution in [0.1, 0.15) is 11.1 Å². The standard InChI is InChI=1S/C21H22N6O/c1-4-24-18-20(22-3)26-19(17-13-23-11-9-14(17)2)27-21(18)25-12-10-15-5-7-16(28)8-6-15/h1,5-9,11,13,24,28H,10,12H2,2-3H3,(H2,22,25,26,27). The largest absolute Gasteiger partial charge is 0.508 e. The molecule has 0 spiro atoms. The third kappa shape index (κ3) is 4.30. The Kier molecular flexibility index (Phi) is 5.92. The number of aromatic nitrogens is 3. The average molecular weight is 374 g/mol. The summed E-state index contributed by atoms with van der Waals surface area (Å²) in [7, 11) is 1.78. The molecule has 0 unspecified atom stereocenters. The minimum absolute atomic E-state index is 0.253. The zero-order valence-electron chi connectivity index (χ0n) is 15.8. The first-order valence-electron chi connectivity index (χ1n) is 8.86. The van der Waals surface area contributed by atoms with Crippen LogP contribution in [0.5, 0.6) is 5.75 Å². The number of rotatable bonds is 7. The summed E-state index contributed by atoms with van der Waals surface area (Å²) in [6.45, 7) is 2.63. The van der Waals surface area contributed by atoms with E-state index in [1.54, 1.807) is 31.6 Å². The number of hydrogen-bond donors (Lipinski definition) is 4. The second kappa shape index (κ2) is 8.73. The predicted octanol–water partition coefficient (Wildman–Crippen LogP) is 3.25. The van der Waals surface area contributed by atoms with Crippen molar-refractivity contribution in [2.75, 3.05) is 29.5 Å². The van der Waals surface area contributed by atoms with Crippen LogP contribution < -0.4 is 16.0 Å². The summed E-state index contributed by atoms with van der Waals surface area (Å²) >= 11 is 0. The van der Waals surface area contributed by atoms with E-state index in [9.17, 15) is 5.11 Å². The maximum Gasteiger partial charge on any atom is 0.165 e. The lowest BCUT2D eigenvalue weighted by atomic mass is 10.1. The van der Waals surface area contributed by atoms with Crippen molar-refractivity contribution in [2.24, 2.45) is 0 Å². The normalized spacial score (nSPS) is 10.2. The van der Waals surface area contributed by atoms with Crippen molar-refractivity contribution >= 4 is 17.3 Å². The van der Waals surface area contributed by atoms with E-state index in [0.29, 0.717) is 29.7 Å². The third-order valence-corrected chi connectivity index (χ3v) is 4.27. The van der Waals surface area contributed by atoms with Crippen LogP contribution in [-0.2, 0) is 6.42 Å². The van der Waals surface area contributed by atoms with E-state index in [-0.39, 0.29) is 5.75 Å². The highest BCUT2D eigenvalue weighted by molar-refractivity contribution is 5.81. The van der Waals surface area contributed by atoms with E-state index in [2.05, 4.69) is 36.9 Å². The van der Waals surface area contributed by atoms with Gasteiger partial charge in [-0.15, -0.1) is 0 Å². The number of terminal acetylenes is 1. The predicted molar refractivity (Wildman–Crippen MR) is 112 cm³/mol. The molecule has 0 atom stereocenters. The Morgan fingerprint density at radius 3 is 2.54 bits per heavy atom. The molecule has 0 bridgehead atoms. The van der Waals surface area contributed by atoms with Crippen molar-refractivity contribution in [1.82, 2.24) is 15.0 Å². The lowest BCUT2D eigenvalue weighted by Crippen LogP contribution is -2.12. The fourth-order valence-corrected chi connectivity index (χ4v) is 2.77. The van der Waals surface area contributed by atoms with Gasteiger partial charge in [-0.3, -0.25) is 4.98 Å². The number of nitrogens with one attached hydrogen (secondary N) is 3. The quantitative estimate of drug-likeness (QED) is 0.372. The second-order valence-corrected chi connectivity index (χ2v) is 6.17. The van der Waals surface area contributed by atoms with E-state index in [4.69, 9.17) is 6.42 Å². The molecule has 142 valence electrons. The Bertz CT molecular complexity index is 995. The second-order valence-electron chi connectivity index (χ2n) is 6.17. The van der Waals surface area contributed by atoms with Gasteiger partial charge in [0.05, 0.1) is 0 Å². The van der Waals surface area contributed by atoms with Crippen LogP contribution in [0.15, 0.2) is 42.7 Å². The maximum absolute atomic E-state index is 9.40. The number of anilines is 3. The van der Waals surface area contributed by atoms with Gasteiger partial charge in [0.2, 0.25) is 0 Å². The summed E-state index contributed by atoms with van der Waals surface area (Å²) in [5.41, 5.74) is 3.60. The number of phenols is 1. The molecule has 3 rings (SSSR count). The van der Waals surface area contributed by atoms with E-state index < -0.39 is 0 Å². The monoisotopic (exact) mass is 374 g/mol. The van der Waals surface area contributed by atoms with Crippen molar-refractivity contribution in [3.05, 3.63) is 53.9 Å². The summed E-state index contributed by atoms with van der Waals surface area (Å²) < 4.78 is 0. The van der Waals surface area contributed by atoms with E-state index >= 15 is 0 Å². The van der Waals surface area contributed by atoms with Crippen LogP contribution in [0, 0.1) is 19.4 Å². The van der Waals surface area contributed by atoms with Crippen molar-refractivity contribution in [1.29, 1.82) is 0 Å². The number of hydrogen-bond acceptors (Lipinski definition) is 7.